The molecule has 39 heavy (non-hydrogen) atoms. The Kier molecular flexibility index (Phi) is 6.90. The Morgan fingerprint density at radius 2 is 1.69 bits per heavy atom. The summed E-state index contributed by atoms with van der Waals surface area (Å²) in [5.74, 6) is 0.0233. The van der Waals surface area contributed by atoms with Crippen LogP contribution in [-0.2, 0) is 16.6 Å². The molecule has 1 N–H and O–H groups in total. The van der Waals surface area contributed by atoms with Crippen LogP contribution < -0.4 is 10.9 Å². The summed E-state index contributed by atoms with van der Waals surface area (Å²) in [5, 5.41) is 3.53. The molecule has 4 aromatic rings. The highest BCUT2D eigenvalue weighted by molar-refractivity contribution is 7.99. The fraction of sp³-hybridized carbons (Fsp3) is 0.303. The molecule has 0 aliphatic heterocycles. The zero-order valence-electron chi connectivity index (χ0n) is 22.5. The van der Waals surface area contributed by atoms with Crippen molar-refractivity contribution in [1.82, 2.24) is 9.55 Å². The molecule has 2 aliphatic rings. The maximum atomic E-state index is 14.6. The number of fused-ring (bicyclic) bond motifs is 4. The van der Waals surface area contributed by atoms with Crippen LogP contribution in [0.3, 0.4) is 0 Å². The van der Waals surface area contributed by atoms with E-state index in [2.05, 4.69) is 23.5 Å². The number of thioether (sulfide) groups is 1. The zero-order chi connectivity index (χ0) is 27.0. The molecule has 0 atom stereocenters. The highest BCUT2D eigenvalue weighted by Crippen LogP contribution is 2.49. The molecule has 6 rings (SSSR count). The summed E-state index contributed by atoms with van der Waals surface area (Å²) in [4.78, 5) is 32.8. The Balaban J connectivity index is 1.47. The average molecular weight is 536 g/mol. The number of carbonyl (C=O) groups is 1. The molecule has 6 heteroatoms. The maximum absolute atomic E-state index is 14.6. The highest BCUT2D eigenvalue weighted by atomic mass is 32.2. The molecule has 0 bridgehead atoms. The lowest BCUT2D eigenvalue weighted by Crippen LogP contribution is -2.43. The molecule has 1 amide bonds. The summed E-state index contributed by atoms with van der Waals surface area (Å²) in [6.07, 6.45) is 6.35. The molecular weight excluding hydrogens is 502 g/mol. The monoisotopic (exact) mass is 535 g/mol. The molecule has 2 aliphatic carbocycles. The van der Waals surface area contributed by atoms with Crippen LogP contribution in [0.5, 0.6) is 0 Å². The first-order valence-corrected chi connectivity index (χ1v) is 14.7. The lowest BCUT2D eigenvalue weighted by Gasteiger charge is -2.42. The summed E-state index contributed by atoms with van der Waals surface area (Å²) in [6, 6.07) is 24.1. The summed E-state index contributed by atoms with van der Waals surface area (Å²) >= 11 is 1.32. The Morgan fingerprint density at radius 3 is 2.46 bits per heavy atom. The minimum atomic E-state index is -0.191. The lowest BCUT2D eigenvalue weighted by molar-refractivity contribution is -0.113. The molecule has 0 radical (unpaired) electrons. The fourth-order valence-corrected chi connectivity index (χ4v) is 7.14. The first-order valence-electron chi connectivity index (χ1n) is 13.8. The van der Waals surface area contributed by atoms with Crippen LogP contribution in [0.4, 0.5) is 5.69 Å². The van der Waals surface area contributed by atoms with Crippen LogP contribution in [0.1, 0.15) is 54.4 Å². The van der Waals surface area contributed by atoms with E-state index in [0.29, 0.717) is 5.16 Å². The van der Waals surface area contributed by atoms with E-state index >= 15 is 0 Å². The molecule has 0 saturated heterocycles. The van der Waals surface area contributed by atoms with Gasteiger partial charge in [-0.05, 0) is 74.1 Å². The van der Waals surface area contributed by atoms with Crippen LogP contribution in [-0.4, -0.2) is 21.2 Å². The van der Waals surface area contributed by atoms with Gasteiger partial charge in [-0.1, -0.05) is 79.6 Å². The number of benzene rings is 3. The van der Waals surface area contributed by atoms with Crippen LogP contribution in [0.2, 0.25) is 0 Å². The van der Waals surface area contributed by atoms with Gasteiger partial charge in [0.1, 0.15) is 0 Å². The predicted molar refractivity (Wildman–Crippen MR) is 159 cm³/mol. The zero-order valence-corrected chi connectivity index (χ0v) is 23.3. The normalized spacial score (nSPS) is 15.4. The van der Waals surface area contributed by atoms with Gasteiger partial charge < -0.3 is 5.32 Å². The third kappa shape index (κ3) is 4.94. The van der Waals surface area contributed by atoms with Crippen molar-refractivity contribution in [3.8, 4) is 16.9 Å². The van der Waals surface area contributed by atoms with Crippen LogP contribution in [0, 0.1) is 13.8 Å². The highest BCUT2D eigenvalue weighted by Gasteiger charge is 2.43. The van der Waals surface area contributed by atoms with Crippen molar-refractivity contribution in [1.29, 1.82) is 0 Å². The number of carbonyl (C=O) groups excluding carboxylic acids is 1. The number of hydrogen-bond acceptors (Lipinski definition) is 4. The smallest absolute Gasteiger partial charge is 0.263 e. The first kappa shape index (κ1) is 25.6. The molecule has 5 nitrogen and oxygen atoms in total. The van der Waals surface area contributed by atoms with E-state index in [9.17, 15) is 9.59 Å². The van der Waals surface area contributed by atoms with Gasteiger partial charge in [-0.25, -0.2) is 4.98 Å². The minimum Gasteiger partial charge on any atom is -0.325 e. The number of amides is 1. The van der Waals surface area contributed by atoms with Crippen molar-refractivity contribution < 1.29 is 4.79 Å². The number of hydrogen-bond donors (Lipinski definition) is 1. The van der Waals surface area contributed by atoms with Crippen molar-refractivity contribution in [2.75, 3.05) is 11.1 Å². The molecular formula is C33H33N3O2S. The van der Waals surface area contributed by atoms with Crippen LogP contribution in [0.25, 0.3) is 16.9 Å². The van der Waals surface area contributed by atoms with Crippen LogP contribution >= 0.6 is 11.8 Å². The summed E-state index contributed by atoms with van der Waals surface area (Å²) < 4.78 is 1.75. The van der Waals surface area contributed by atoms with E-state index in [1.165, 1.54) is 23.7 Å². The fourth-order valence-electron chi connectivity index (χ4n) is 6.33. The number of aromatic nitrogens is 2. The largest absolute Gasteiger partial charge is 0.325 e. The van der Waals surface area contributed by atoms with E-state index in [-0.39, 0.29) is 22.6 Å². The van der Waals surface area contributed by atoms with Crippen molar-refractivity contribution in [2.24, 2.45) is 0 Å². The number of aryl methyl sites for hydroxylation is 2. The second kappa shape index (κ2) is 10.5. The van der Waals surface area contributed by atoms with Gasteiger partial charge in [-0.3, -0.25) is 14.2 Å². The predicted octanol–water partition coefficient (Wildman–Crippen LogP) is 7.01. The topological polar surface area (TPSA) is 64.0 Å². The van der Waals surface area contributed by atoms with Gasteiger partial charge in [0.2, 0.25) is 5.91 Å². The average Bonchev–Trinajstić information content (AvgIpc) is 2.92. The second-order valence-electron chi connectivity index (χ2n) is 11.0. The minimum absolute atomic E-state index is 0.00333. The summed E-state index contributed by atoms with van der Waals surface area (Å²) in [7, 11) is 0. The molecule has 1 saturated carbocycles. The van der Waals surface area contributed by atoms with E-state index < -0.39 is 0 Å². The van der Waals surface area contributed by atoms with Crippen molar-refractivity contribution in [3.63, 3.8) is 0 Å². The van der Waals surface area contributed by atoms with Gasteiger partial charge in [0.05, 0.1) is 22.7 Å². The molecule has 1 aromatic heterocycles. The maximum Gasteiger partial charge on any atom is 0.263 e. The quantitative estimate of drug-likeness (QED) is 0.221. The first-order chi connectivity index (χ1) is 18.9. The number of nitrogens with one attached hydrogen (secondary N) is 1. The molecule has 1 heterocycles. The lowest BCUT2D eigenvalue weighted by atomic mass is 9.62. The number of nitrogens with zero attached hydrogens (tertiary/aromatic N) is 2. The van der Waals surface area contributed by atoms with Gasteiger partial charge in [-0.2, -0.15) is 0 Å². The van der Waals surface area contributed by atoms with Gasteiger partial charge in [0.25, 0.3) is 5.56 Å². The molecule has 198 valence electrons. The van der Waals surface area contributed by atoms with Crippen molar-refractivity contribution in [3.05, 3.63) is 105 Å². The van der Waals surface area contributed by atoms with Crippen molar-refractivity contribution >= 4 is 23.4 Å². The van der Waals surface area contributed by atoms with Crippen LogP contribution in [0.15, 0.2) is 82.7 Å². The third-order valence-electron chi connectivity index (χ3n) is 8.09. The Bertz CT molecular complexity index is 1620. The van der Waals surface area contributed by atoms with E-state index in [1.54, 1.807) is 4.57 Å². The second-order valence-corrected chi connectivity index (χ2v) is 11.9. The van der Waals surface area contributed by atoms with E-state index in [0.717, 1.165) is 71.4 Å². The molecule has 1 fully saturated rings. The standard InChI is InChI=1S/C33H33N3O2S/c1-22-10-8-13-25(18-22)34-28(37)21-39-32-35-30-27-15-5-4-12-24(27)20-33(16-6-3-7-17-33)29(30)31(38)36(32)26-14-9-11-23(2)19-26/h4-5,8-15,18-19H,3,6-7,16-17,20-21H2,1-2H3,(H,34,37). The van der Waals surface area contributed by atoms with Gasteiger partial charge in [0.15, 0.2) is 5.16 Å². The van der Waals surface area contributed by atoms with Gasteiger partial charge >= 0.3 is 0 Å². The summed E-state index contributed by atoms with van der Waals surface area (Å²) in [6.45, 7) is 4.03. The number of rotatable bonds is 5. The van der Waals surface area contributed by atoms with Gasteiger partial charge in [-0.15, -0.1) is 0 Å². The SMILES string of the molecule is Cc1cccc(NC(=O)CSc2nc3c(c(=O)n2-c2cccc(C)c2)C2(CCCCC2)Cc2ccccc2-3)c1. The van der Waals surface area contributed by atoms with E-state index in [4.69, 9.17) is 4.98 Å². The molecule has 3 aromatic carbocycles. The Labute approximate surface area is 233 Å². The number of anilines is 1. The van der Waals surface area contributed by atoms with E-state index in [1.807, 2.05) is 68.4 Å². The van der Waals surface area contributed by atoms with Gasteiger partial charge in [0, 0.05) is 16.7 Å². The van der Waals surface area contributed by atoms with Crippen molar-refractivity contribution in [2.45, 2.75) is 62.9 Å². The molecule has 1 spiro atoms. The Hall–Kier alpha value is -3.64. The summed E-state index contributed by atoms with van der Waals surface area (Å²) in [5.41, 5.74) is 7.49. The Morgan fingerprint density at radius 1 is 0.949 bits per heavy atom. The third-order valence-corrected chi connectivity index (χ3v) is 9.03. The molecule has 0 unspecified atom stereocenters.